The lowest BCUT2D eigenvalue weighted by Gasteiger charge is -2.03. The number of benzene rings is 1. The average molecular weight is 235 g/mol. The summed E-state index contributed by atoms with van der Waals surface area (Å²) in [6.07, 6.45) is 0.361. The summed E-state index contributed by atoms with van der Waals surface area (Å²) in [5.74, 6) is -1.29. The minimum Gasteiger partial charge on any atom is -0.462 e. The van der Waals surface area contributed by atoms with E-state index >= 15 is 0 Å². The van der Waals surface area contributed by atoms with Gasteiger partial charge in [0.15, 0.2) is 0 Å². The van der Waals surface area contributed by atoms with E-state index in [4.69, 9.17) is 9.84 Å². The van der Waals surface area contributed by atoms with Crippen LogP contribution in [0.3, 0.4) is 0 Å². The van der Waals surface area contributed by atoms with Crippen LogP contribution in [0.5, 0.6) is 0 Å². The quantitative estimate of drug-likeness (QED) is 0.638. The molecule has 0 atom stereocenters. The number of hydrogen-bond acceptors (Lipinski definition) is 3. The molecule has 1 aromatic rings. The number of aliphatic hydroxyl groups is 1. The van der Waals surface area contributed by atoms with Crippen LogP contribution in [0.25, 0.3) is 0 Å². The van der Waals surface area contributed by atoms with Crippen LogP contribution in [-0.4, -0.2) is 24.3 Å². The fraction of sp³-hybridized carbons (Fsp3) is 0.300. The second-order valence-corrected chi connectivity index (χ2v) is 2.69. The first-order valence-corrected chi connectivity index (χ1v) is 4.28. The summed E-state index contributed by atoms with van der Waals surface area (Å²) >= 11 is 0. The van der Waals surface area contributed by atoms with Crippen molar-refractivity contribution in [2.24, 2.45) is 0 Å². The van der Waals surface area contributed by atoms with E-state index < -0.39 is 11.8 Å². The van der Waals surface area contributed by atoms with Gasteiger partial charge >= 0.3 is 5.97 Å². The number of halogens is 2. The lowest BCUT2D eigenvalue weighted by Crippen LogP contribution is -2.09. The maximum absolute atomic E-state index is 13.0. The van der Waals surface area contributed by atoms with E-state index in [-0.39, 0.29) is 31.2 Å². The molecule has 5 heteroatoms. The highest BCUT2D eigenvalue weighted by Crippen LogP contribution is 2.07. The number of carbonyl (C=O) groups is 1. The molecule has 1 aromatic carbocycles. The highest BCUT2D eigenvalue weighted by Gasteiger charge is 2.11. The Hall–Kier alpha value is -1.13. The van der Waals surface area contributed by atoms with Gasteiger partial charge in [0.25, 0.3) is 0 Å². The molecule has 0 spiro atoms. The zero-order chi connectivity index (χ0) is 10.4. The van der Waals surface area contributed by atoms with Crippen LogP contribution in [-0.2, 0) is 4.74 Å². The molecule has 0 aliphatic carbocycles. The minimum absolute atomic E-state index is 0. The molecule has 3 nitrogen and oxygen atoms in total. The third-order valence-corrected chi connectivity index (χ3v) is 1.63. The fourth-order valence-electron chi connectivity index (χ4n) is 0.934. The van der Waals surface area contributed by atoms with Crippen molar-refractivity contribution in [1.29, 1.82) is 0 Å². The number of carbonyl (C=O) groups excluding carboxylic acids is 1. The predicted octanol–water partition coefficient (Wildman–Crippen LogP) is 1.79. The molecule has 0 bridgehead atoms. The monoisotopic (exact) mass is 234 g/mol. The third-order valence-electron chi connectivity index (χ3n) is 1.63. The minimum atomic E-state index is -0.698. The molecule has 0 aliphatic heterocycles. The van der Waals surface area contributed by atoms with Gasteiger partial charge in [-0.25, -0.2) is 9.18 Å². The van der Waals surface area contributed by atoms with Crippen LogP contribution in [0.1, 0.15) is 16.8 Å². The van der Waals surface area contributed by atoms with Crippen molar-refractivity contribution in [3.05, 3.63) is 35.6 Å². The summed E-state index contributed by atoms with van der Waals surface area (Å²) in [6.45, 7) is 0.0498. The molecule has 84 valence electrons. The Kier molecular flexibility index (Phi) is 6.66. The highest BCUT2D eigenvalue weighted by atomic mass is 35.5. The predicted molar refractivity (Wildman–Crippen MR) is 55.6 cm³/mol. The van der Waals surface area contributed by atoms with Gasteiger partial charge in [0.1, 0.15) is 5.82 Å². The summed E-state index contributed by atoms with van der Waals surface area (Å²) in [5.41, 5.74) is -0.0783. The SMILES string of the molecule is Cl.O=C(OCCCO)c1ccccc1F. The van der Waals surface area contributed by atoms with Gasteiger partial charge in [-0.2, -0.15) is 0 Å². The molecule has 0 saturated carbocycles. The van der Waals surface area contributed by atoms with Crippen molar-refractivity contribution in [2.45, 2.75) is 6.42 Å². The van der Waals surface area contributed by atoms with E-state index in [0.29, 0.717) is 6.42 Å². The Labute approximate surface area is 93.3 Å². The number of esters is 1. The summed E-state index contributed by atoms with van der Waals surface area (Å²) in [7, 11) is 0. The van der Waals surface area contributed by atoms with E-state index in [0.717, 1.165) is 0 Å². The Bertz CT molecular complexity index is 317. The standard InChI is InChI=1S/C10H11FO3.ClH/c11-9-5-2-1-4-8(9)10(13)14-7-3-6-12;/h1-2,4-5,12H,3,6-7H2;1H. The molecule has 1 rings (SSSR count). The number of hydrogen-bond donors (Lipinski definition) is 1. The highest BCUT2D eigenvalue weighted by molar-refractivity contribution is 5.89. The van der Waals surface area contributed by atoms with Crippen molar-refractivity contribution in [1.82, 2.24) is 0 Å². The second kappa shape index (κ2) is 7.20. The van der Waals surface area contributed by atoms with Crippen LogP contribution in [0.4, 0.5) is 4.39 Å². The van der Waals surface area contributed by atoms with Crippen LogP contribution in [0.15, 0.2) is 24.3 Å². The number of rotatable bonds is 4. The molecule has 0 radical (unpaired) electrons. The van der Waals surface area contributed by atoms with Crippen molar-refractivity contribution in [3.8, 4) is 0 Å². The van der Waals surface area contributed by atoms with Crippen molar-refractivity contribution >= 4 is 18.4 Å². The molecule has 0 unspecified atom stereocenters. The van der Waals surface area contributed by atoms with E-state index in [1.165, 1.54) is 18.2 Å². The second-order valence-electron chi connectivity index (χ2n) is 2.69. The average Bonchev–Trinajstić information content (AvgIpc) is 2.18. The zero-order valence-electron chi connectivity index (χ0n) is 7.98. The van der Waals surface area contributed by atoms with E-state index in [2.05, 4.69) is 0 Å². The lowest BCUT2D eigenvalue weighted by molar-refractivity contribution is 0.0477. The summed E-state index contributed by atoms with van der Waals surface area (Å²) in [4.78, 5) is 11.2. The van der Waals surface area contributed by atoms with Crippen molar-refractivity contribution in [3.63, 3.8) is 0 Å². The molecule has 0 saturated heterocycles. The Morgan fingerprint density at radius 3 is 2.67 bits per heavy atom. The topological polar surface area (TPSA) is 46.5 Å². The molecule has 0 aliphatic rings. The Balaban J connectivity index is 0.00000196. The smallest absolute Gasteiger partial charge is 0.341 e. The molecular weight excluding hydrogens is 223 g/mol. The zero-order valence-corrected chi connectivity index (χ0v) is 8.80. The van der Waals surface area contributed by atoms with Crippen molar-refractivity contribution < 1.29 is 19.0 Å². The summed E-state index contributed by atoms with van der Waals surface area (Å²) < 4.78 is 17.7. The van der Waals surface area contributed by atoms with Crippen LogP contribution >= 0.6 is 12.4 Å². The van der Waals surface area contributed by atoms with Gasteiger partial charge in [0.05, 0.1) is 12.2 Å². The van der Waals surface area contributed by atoms with Crippen LogP contribution in [0, 0.1) is 5.82 Å². The van der Waals surface area contributed by atoms with Gasteiger partial charge in [-0.05, 0) is 12.1 Å². The first-order chi connectivity index (χ1) is 6.75. The van der Waals surface area contributed by atoms with E-state index in [1.807, 2.05) is 0 Å². The maximum atomic E-state index is 13.0. The van der Waals surface area contributed by atoms with Gasteiger partial charge in [0, 0.05) is 13.0 Å². The molecule has 0 fully saturated rings. The molecule has 0 amide bonds. The van der Waals surface area contributed by atoms with E-state index in [1.54, 1.807) is 6.07 Å². The maximum Gasteiger partial charge on any atom is 0.341 e. The molecule has 1 N–H and O–H groups in total. The first-order valence-electron chi connectivity index (χ1n) is 4.28. The van der Waals surface area contributed by atoms with Gasteiger partial charge < -0.3 is 9.84 Å². The van der Waals surface area contributed by atoms with Gasteiger partial charge in [-0.1, -0.05) is 12.1 Å². The van der Waals surface area contributed by atoms with Gasteiger partial charge in [0.2, 0.25) is 0 Å². The lowest BCUT2D eigenvalue weighted by atomic mass is 10.2. The van der Waals surface area contributed by atoms with Crippen LogP contribution < -0.4 is 0 Å². The Morgan fingerprint density at radius 2 is 2.07 bits per heavy atom. The Morgan fingerprint density at radius 1 is 1.40 bits per heavy atom. The number of aliphatic hydroxyl groups excluding tert-OH is 1. The van der Waals surface area contributed by atoms with Gasteiger partial charge in [-0.3, -0.25) is 0 Å². The molecule has 0 aromatic heterocycles. The van der Waals surface area contributed by atoms with E-state index in [9.17, 15) is 9.18 Å². The van der Waals surface area contributed by atoms with Crippen LogP contribution in [0.2, 0.25) is 0 Å². The first kappa shape index (κ1) is 13.9. The summed E-state index contributed by atoms with van der Waals surface area (Å²) in [5, 5.41) is 8.44. The largest absolute Gasteiger partial charge is 0.462 e. The third kappa shape index (κ3) is 4.27. The number of ether oxygens (including phenoxy) is 1. The molecule has 0 heterocycles. The fourth-order valence-corrected chi connectivity index (χ4v) is 0.934. The van der Waals surface area contributed by atoms with Gasteiger partial charge in [-0.15, -0.1) is 12.4 Å². The molecular formula is C10H12ClFO3. The summed E-state index contributed by atoms with van der Waals surface area (Å²) in [6, 6.07) is 5.62. The van der Waals surface area contributed by atoms with Crippen molar-refractivity contribution in [2.75, 3.05) is 13.2 Å². The molecule has 15 heavy (non-hydrogen) atoms. The normalized spacial score (nSPS) is 9.20.